The lowest BCUT2D eigenvalue weighted by atomic mass is 9.80. The van der Waals surface area contributed by atoms with E-state index >= 15 is 0 Å². The van der Waals surface area contributed by atoms with Gasteiger partial charge in [0.2, 0.25) is 0 Å². The summed E-state index contributed by atoms with van der Waals surface area (Å²) in [4.78, 5) is 11.1. The van der Waals surface area contributed by atoms with E-state index in [1.165, 1.54) is 0 Å². The van der Waals surface area contributed by atoms with Gasteiger partial charge in [-0.05, 0) is 44.5 Å². The number of benzene rings is 1. The minimum atomic E-state index is 0.232. The van der Waals surface area contributed by atoms with E-state index in [4.69, 9.17) is 22.3 Å². The third-order valence-electron chi connectivity index (χ3n) is 5.20. The first-order valence-corrected chi connectivity index (χ1v) is 9.15. The second-order valence-corrected chi connectivity index (χ2v) is 7.48. The van der Waals surface area contributed by atoms with Gasteiger partial charge in [0.05, 0.1) is 5.02 Å². The zero-order valence-corrected chi connectivity index (χ0v) is 16.1. The van der Waals surface area contributed by atoms with Crippen molar-refractivity contribution in [3.05, 3.63) is 29.3 Å². The smallest absolute Gasteiger partial charge is 0.176 e. The van der Waals surface area contributed by atoms with E-state index in [9.17, 15) is 0 Å². The van der Waals surface area contributed by atoms with Crippen molar-refractivity contribution in [2.75, 3.05) is 19.6 Å². The summed E-state index contributed by atoms with van der Waals surface area (Å²) in [5, 5.41) is 7.96. The van der Waals surface area contributed by atoms with Crippen LogP contribution in [0.25, 0.3) is 11.3 Å². The van der Waals surface area contributed by atoms with Crippen molar-refractivity contribution in [2.45, 2.75) is 26.7 Å². The van der Waals surface area contributed by atoms with E-state index in [-0.39, 0.29) is 5.41 Å². The van der Waals surface area contributed by atoms with Crippen molar-refractivity contribution in [2.24, 2.45) is 21.1 Å². The van der Waals surface area contributed by atoms with Gasteiger partial charge in [-0.2, -0.15) is 5.10 Å². The van der Waals surface area contributed by atoms with Crippen LogP contribution >= 0.6 is 11.6 Å². The van der Waals surface area contributed by atoms with E-state index < -0.39 is 0 Å². The van der Waals surface area contributed by atoms with Crippen LogP contribution in [0.15, 0.2) is 34.3 Å². The highest BCUT2D eigenvalue weighted by molar-refractivity contribution is 6.33. The lowest BCUT2D eigenvalue weighted by Gasteiger charge is -2.39. The molecule has 0 amide bonds. The molecule has 0 radical (unpaired) electrons. The third kappa shape index (κ3) is 3.66. The van der Waals surface area contributed by atoms with Crippen LogP contribution in [0.5, 0.6) is 0 Å². The fraction of sp³-hybridized carbons (Fsp3) is 0.421. The number of nitrogens with two attached hydrogens (primary N) is 1. The summed E-state index contributed by atoms with van der Waals surface area (Å²) in [6, 6.07) is 7.54. The van der Waals surface area contributed by atoms with Crippen LogP contribution < -0.4 is 5.73 Å². The first-order chi connectivity index (χ1) is 12.5. The van der Waals surface area contributed by atoms with Crippen molar-refractivity contribution < 1.29 is 0 Å². The molecule has 0 unspecified atom stereocenters. The Morgan fingerprint density at radius 2 is 2.08 bits per heavy atom. The lowest BCUT2D eigenvalue weighted by molar-refractivity contribution is 0.175. The molecule has 1 aromatic carbocycles. The van der Waals surface area contributed by atoms with Crippen molar-refractivity contribution in [1.29, 1.82) is 0 Å². The Labute approximate surface area is 159 Å². The molecule has 1 aromatic heterocycles. The summed E-state index contributed by atoms with van der Waals surface area (Å²) >= 11 is 6.29. The SMILES string of the molecule is C=Nc1c(-c2ccccc2Cl)n[nH]c1/N=C(\C)N1CCC(C)(CN)CC1. The maximum Gasteiger partial charge on any atom is 0.176 e. The topological polar surface area (TPSA) is 82.7 Å². The number of hydrogen-bond acceptors (Lipinski definition) is 4. The Bertz CT molecular complexity index is 817. The standard InChI is InChI=1S/C19H25ClN6/c1-13(26-10-8-19(2,12-21)9-11-26)23-18-17(22-3)16(24-25-18)14-6-4-5-7-15(14)20/h4-7H,3,8-12,21H2,1-2H3,(H,24,25)/b23-13+. The molecule has 7 heteroatoms. The highest BCUT2D eigenvalue weighted by Crippen LogP contribution is 2.39. The molecule has 138 valence electrons. The van der Waals surface area contributed by atoms with Gasteiger partial charge in [-0.3, -0.25) is 10.1 Å². The number of amidine groups is 1. The van der Waals surface area contributed by atoms with Gasteiger partial charge in [-0.15, -0.1) is 0 Å². The number of aromatic nitrogens is 2. The minimum absolute atomic E-state index is 0.232. The van der Waals surface area contributed by atoms with Gasteiger partial charge in [-0.1, -0.05) is 36.7 Å². The monoisotopic (exact) mass is 372 g/mol. The van der Waals surface area contributed by atoms with E-state index in [1.807, 2.05) is 31.2 Å². The Morgan fingerprint density at radius 1 is 1.38 bits per heavy atom. The van der Waals surface area contributed by atoms with E-state index in [1.54, 1.807) is 0 Å². The number of H-pyrrole nitrogens is 1. The summed E-state index contributed by atoms with van der Waals surface area (Å²) in [7, 11) is 0. The number of hydrogen-bond donors (Lipinski definition) is 2. The molecule has 1 aliphatic rings. The van der Waals surface area contributed by atoms with Crippen LogP contribution in [0.1, 0.15) is 26.7 Å². The van der Waals surface area contributed by atoms with Gasteiger partial charge in [0.1, 0.15) is 17.2 Å². The van der Waals surface area contributed by atoms with E-state index in [2.05, 4.69) is 33.7 Å². The number of nitrogens with one attached hydrogen (secondary N) is 1. The molecule has 2 aromatic rings. The maximum absolute atomic E-state index is 6.29. The second-order valence-electron chi connectivity index (χ2n) is 7.07. The molecule has 0 bridgehead atoms. The quantitative estimate of drug-likeness (QED) is 0.624. The number of aromatic amines is 1. The number of piperidine rings is 1. The first kappa shape index (κ1) is 18.6. The highest BCUT2D eigenvalue weighted by Gasteiger charge is 2.29. The maximum atomic E-state index is 6.29. The average molecular weight is 373 g/mol. The van der Waals surface area contributed by atoms with Gasteiger partial charge >= 0.3 is 0 Å². The van der Waals surface area contributed by atoms with Gasteiger partial charge in [-0.25, -0.2) is 4.99 Å². The lowest BCUT2D eigenvalue weighted by Crippen LogP contribution is -2.44. The molecule has 0 aliphatic carbocycles. The van der Waals surface area contributed by atoms with Crippen molar-refractivity contribution in [3.63, 3.8) is 0 Å². The predicted molar refractivity (Wildman–Crippen MR) is 109 cm³/mol. The third-order valence-corrected chi connectivity index (χ3v) is 5.53. The van der Waals surface area contributed by atoms with Crippen LogP contribution in [0, 0.1) is 5.41 Å². The van der Waals surface area contributed by atoms with Crippen LogP contribution in [-0.2, 0) is 0 Å². The van der Waals surface area contributed by atoms with E-state index in [0.717, 1.165) is 43.9 Å². The van der Waals surface area contributed by atoms with Crippen molar-refractivity contribution in [3.8, 4) is 11.3 Å². The molecule has 0 atom stereocenters. The number of rotatable bonds is 4. The zero-order valence-electron chi connectivity index (χ0n) is 15.3. The molecule has 0 saturated carbocycles. The average Bonchev–Trinajstić information content (AvgIpc) is 3.05. The molecule has 26 heavy (non-hydrogen) atoms. The van der Waals surface area contributed by atoms with Gasteiger partial charge in [0.25, 0.3) is 0 Å². The Morgan fingerprint density at radius 3 is 2.69 bits per heavy atom. The Hall–Kier alpha value is -2.18. The summed E-state index contributed by atoms with van der Waals surface area (Å²) in [6.07, 6.45) is 2.13. The zero-order chi connectivity index (χ0) is 18.7. The fourth-order valence-electron chi connectivity index (χ4n) is 3.20. The Balaban J connectivity index is 1.85. The van der Waals surface area contributed by atoms with Gasteiger partial charge in [0.15, 0.2) is 5.82 Å². The molecular formula is C19H25ClN6. The van der Waals surface area contributed by atoms with Gasteiger partial charge < -0.3 is 10.6 Å². The normalized spacial score (nSPS) is 17.4. The molecule has 1 aliphatic heterocycles. The molecule has 3 rings (SSSR count). The first-order valence-electron chi connectivity index (χ1n) is 8.78. The summed E-state index contributed by atoms with van der Waals surface area (Å²) in [5.41, 5.74) is 8.21. The summed E-state index contributed by atoms with van der Waals surface area (Å²) in [5.74, 6) is 1.53. The van der Waals surface area contributed by atoms with Crippen LogP contribution in [0.3, 0.4) is 0 Å². The number of halogens is 1. The summed E-state index contributed by atoms with van der Waals surface area (Å²) < 4.78 is 0. The molecule has 0 spiro atoms. The minimum Gasteiger partial charge on any atom is -0.360 e. The predicted octanol–water partition coefficient (Wildman–Crippen LogP) is 4.17. The van der Waals surface area contributed by atoms with E-state index in [0.29, 0.717) is 22.2 Å². The molecule has 3 N–H and O–H groups in total. The molecular weight excluding hydrogens is 348 g/mol. The van der Waals surface area contributed by atoms with Crippen molar-refractivity contribution in [1.82, 2.24) is 15.1 Å². The van der Waals surface area contributed by atoms with Gasteiger partial charge in [0, 0.05) is 18.7 Å². The molecule has 1 fully saturated rings. The highest BCUT2D eigenvalue weighted by atomic mass is 35.5. The molecule has 1 saturated heterocycles. The van der Waals surface area contributed by atoms with Crippen LogP contribution in [0.4, 0.5) is 11.5 Å². The fourth-order valence-corrected chi connectivity index (χ4v) is 3.43. The molecule has 2 heterocycles. The molecule has 6 nitrogen and oxygen atoms in total. The Kier molecular flexibility index (Phi) is 5.44. The van der Waals surface area contributed by atoms with Crippen molar-refractivity contribution >= 4 is 35.7 Å². The second kappa shape index (κ2) is 7.60. The number of likely N-dealkylation sites (tertiary alicyclic amines) is 1. The summed E-state index contributed by atoms with van der Waals surface area (Å²) in [6.45, 7) is 10.6. The van der Waals surface area contributed by atoms with Crippen LogP contribution in [-0.4, -0.2) is 47.3 Å². The largest absolute Gasteiger partial charge is 0.360 e. The van der Waals surface area contributed by atoms with Crippen LogP contribution in [0.2, 0.25) is 5.02 Å². The number of nitrogens with zero attached hydrogens (tertiary/aromatic N) is 4. The number of aliphatic imine (C=N–C) groups is 2.